The van der Waals surface area contributed by atoms with Gasteiger partial charge in [-0.2, -0.15) is 0 Å². The molecule has 0 aliphatic rings. The minimum absolute atomic E-state index is 0.0125. The molecule has 0 saturated carbocycles. The lowest BCUT2D eigenvalue weighted by molar-refractivity contribution is -0.138. The monoisotopic (exact) mass is 416 g/mol. The van der Waals surface area contributed by atoms with Crippen molar-refractivity contribution >= 4 is 29.0 Å². The zero-order chi connectivity index (χ0) is 22.6. The van der Waals surface area contributed by atoms with Gasteiger partial charge in [0.15, 0.2) is 11.4 Å². The average Bonchev–Trinajstić information content (AvgIpc) is 3.15. The summed E-state index contributed by atoms with van der Waals surface area (Å²) in [5, 5.41) is 0. The largest absolute Gasteiger partial charge is 0.471 e. The van der Waals surface area contributed by atoms with E-state index in [1.165, 1.54) is 6.08 Å². The lowest BCUT2D eigenvalue weighted by Gasteiger charge is -2.15. The molecule has 3 aromatic rings. The molecule has 0 bridgehead atoms. The molecule has 3 rings (SSSR count). The third-order valence-corrected chi connectivity index (χ3v) is 4.63. The lowest BCUT2D eigenvalue weighted by Crippen LogP contribution is -2.20. The number of Topliss-reactive ketones (excluding diaryl/α,β-unsaturated/α-hetero) is 1. The van der Waals surface area contributed by atoms with Crippen molar-refractivity contribution in [1.82, 2.24) is 15.0 Å². The number of carbonyl (C=O) groups excluding carboxylic acids is 2. The topological polar surface area (TPSA) is 89.3 Å². The van der Waals surface area contributed by atoms with Gasteiger partial charge in [-0.3, -0.25) is 9.59 Å². The van der Waals surface area contributed by atoms with Crippen molar-refractivity contribution in [3.63, 3.8) is 0 Å². The molecule has 0 amide bonds. The summed E-state index contributed by atoms with van der Waals surface area (Å²) in [6, 6.07) is 7.47. The van der Waals surface area contributed by atoms with Crippen LogP contribution in [-0.4, -0.2) is 33.3 Å². The first kappa shape index (κ1) is 21.9. The van der Waals surface area contributed by atoms with E-state index in [0.717, 1.165) is 16.8 Å². The number of hydrogen-bond acceptors (Lipinski definition) is 5. The van der Waals surface area contributed by atoms with Gasteiger partial charge in [-0.15, -0.1) is 0 Å². The van der Waals surface area contributed by atoms with Gasteiger partial charge >= 0.3 is 5.97 Å². The van der Waals surface area contributed by atoms with Gasteiger partial charge in [0, 0.05) is 18.0 Å². The third kappa shape index (κ3) is 5.04. The maximum Gasteiger partial charge on any atom is 0.336 e. The standard InChI is InChI=1S/C24H24N4O3/c1-6-31-23(30)19(25-5)12-16-9-7-15(8-10-16)11-17-13-26-22-20(28-17)18(14-27-22)21(29)24(2,3)4/h7-10,12-14H,6,11H2,1-4H3,(H,26,27). The second-order valence-corrected chi connectivity index (χ2v) is 8.12. The highest BCUT2D eigenvalue weighted by Gasteiger charge is 2.26. The Hall–Kier alpha value is -3.79. The van der Waals surface area contributed by atoms with Crippen molar-refractivity contribution in [3.8, 4) is 0 Å². The summed E-state index contributed by atoms with van der Waals surface area (Å²) in [6.07, 6.45) is 5.40. The van der Waals surface area contributed by atoms with Crippen LogP contribution in [0, 0.1) is 12.0 Å². The van der Waals surface area contributed by atoms with Crippen LogP contribution in [0.5, 0.6) is 0 Å². The predicted octanol–water partition coefficient (Wildman–Crippen LogP) is 4.60. The molecule has 0 fully saturated rings. The van der Waals surface area contributed by atoms with Gasteiger partial charge in [-0.05, 0) is 24.1 Å². The minimum atomic E-state index is -0.628. The molecule has 7 heteroatoms. The highest BCUT2D eigenvalue weighted by Crippen LogP contribution is 2.25. The van der Waals surface area contributed by atoms with Crippen LogP contribution in [0.25, 0.3) is 22.1 Å². The maximum atomic E-state index is 12.7. The Bertz CT molecular complexity index is 1190. The van der Waals surface area contributed by atoms with Crippen molar-refractivity contribution in [2.45, 2.75) is 34.1 Å². The van der Waals surface area contributed by atoms with Crippen LogP contribution >= 0.6 is 0 Å². The number of carbonyl (C=O) groups is 2. The van der Waals surface area contributed by atoms with Gasteiger partial charge in [0.1, 0.15) is 5.52 Å². The van der Waals surface area contributed by atoms with Crippen LogP contribution < -0.4 is 0 Å². The molecule has 0 saturated heterocycles. The summed E-state index contributed by atoms with van der Waals surface area (Å²) in [5.41, 5.74) is 3.60. The van der Waals surface area contributed by atoms with E-state index in [1.807, 2.05) is 45.0 Å². The van der Waals surface area contributed by atoms with Crippen LogP contribution in [0.1, 0.15) is 54.9 Å². The molecule has 0 unspecified atom stereocenters. The van der Waals surface area contributed by atoms with Crippen LogP contribution in [0.4, 0.5) is 0 Å². The molecular weight excluding hydrogens is 392 g/mol. The van der Waals surface area contributed by atoms with Gasteiger partial charge in [-0.25, -0.2) is 14.8 Å². The first-order chi connectivity index (χ1) is 14.7. The first-order valence-corrected chi connectivity index (χ1v) is 9.96. The number of nitrogens with one attached hydrogen (secondary N) is 1. The molecule has 1 aromatic carbocycles. The molecule has 0 atom stereocenters. The molecule has 0 spiro atoms. The molecule has 1 N–H and O–H groups in total. The van der Waals surface area contributed by atoms with Gasteiger partial charge in [-0.1, -0.05) is 45.0 Å². The van der Waals surface area contributed by atoms with E-state index in [4.69, 9.17) is 11.3 Å². The highest BCUT2D eigenvalue weighted by atomic mass is 16.5. The van der Waals surface area contributed by atoms with Crippen LogP contribution in [0.2, 0.25) is 0 Å². The summed E-state index contributed by atoms with van der Waals surface area (Å²) >= 11 is 0. The Balaban J connectivity index is 1.82. The van der Waals surface area contributed by atoms with Crippen LogP contribution in [0.15, 0.2) is 42.4 Å². The number of esters is 1. The van der Waals surface area contributed by atoms with Gasteiger partial charge in [0.2, 0.25) is 0 Å². The molecule has 0 radical (unpaired) electrons. The normalized spacial score (nSPS) is 11.9. The van der Waals surface area contributed by atoms with E-state index in [1.54, 1.807) is 19.3 Å². The molecule has 31 heavy (non-hydrogen) atoms. The Morgan fingerprint density at radius 3 is 2.55 bits per heavy atom. The zero-order valence-electron chi connectivity index (χ0n) is 18.0. The fraction of sp³-hybridized carbons (Fsp3) is 0.292. The molecule has 0 aliphatic carbocycles. The van der Waals surface area contributed by atoms with Gasteiger partial charge in [0.05, 0.1) is 30.6 Å². The van der Waals surface area contributed by atoms with Gasteiger partial charge < -0.3 is 9.72 Å². The van der Waals surface area contributed by atoms with Crippen LogP contribution in [-0.2, 0) is 16.0 Å². The number of aromatic amines is 1. The molecule has 7 nitrogen and oxygen atoms in total. The maximum absolute atomic E-state index is 12.7. The SMILES string of the molecule is [C-]#[N+]C(=Cc1ccc(Cc2cnc3[nH]cc(C(=O)C(C)(C)C)c3n2)cc1)C(=O)OCC. The minimum Gasteiger partial charge on any atom is -0.471 e. The van der Waals surface area contributed by atoms with Crippen LogP contribution in [0.3, 0.4) is 0 Å². The van der Waals surface area contributed by atoms with E-state index in [-0.39, 0.29) is 18.1 Å². The molecule has 0 aliphatic heterocycles. The fourth-order valence-corrected chi connectivity index (χ4v) is 3.03. The van der Waals surface area contributed by atoms with Crippen molar-refractivity contribution in [3.05, 3.63) is 76.2 Å². The Labute approximate surface area is 181 Å². The Morgan fingerprint density at radius 2 is 1.94 bits per heavy atom. The fourth-order valence-electron chi connectivity index (χ4n) is 3.03. The number of nitrogens with zero attached hydrogens (tertiary/aromatic N) is 3. The Kier molecular flexibility index (Phi) is 6.30. The van der Waals surface area contributed by atoms with E-state index < -0.39 is 11.4 Å². The average molecular weight is 416 g/mol. The number of ketones is 1. The van der Waals surface area contributed by atoms with E-state index in [9.17, 15) is 9.59 Å². The van der Waals surface area contributed by atoms with Crippen molar-refractivity contribution in [1.29, 1.82) is 0 Å². The predicted molar refractivity (Wildman–Crippen MR) is 118 cm³/mol. The van der Waals surface area contributed by atoms with E-state index >= 15 is 0 Å². The number of fused-ring (bicyclic) bond motifs is 1. The number of ether oxygens (including phenoxy) is 1. The lowest BCUT2D eigenvalue weighted by atomic mass is 9.87. The zero-order valence-corrected chi connectivity index (χ0v) is 18.0. The number of hydrogen-bond donors (Lipinski definition) is 1. The number of aromatic nitrogens is 3. The van der Waals surface area contributed by atoms with Gasteiger partial charge in [0.25, 0.3) is 5.70 Å². The molecule has 2 aromatic heterocycles. The number of H-pyrrole nitrogens is 1. The molecular formula is C24H24N4O3. The second-order valence-electron chi connectivity index (χ2n) is 8.12. The summed E-state index contributed by atoms with van der Waals surface area (Å²) in [4.78, 5) is 39.8. The quantitative estimate of drug-likeness (QED) is 0.274. The molecule has 2 heterocycles. The molecule has 158 valence electrons. The number of benzene rings is 1. The summed E-state index contributed by atoms with van der Waals surface area (Å²) in [7, 11) is 0. The highest BCUT2D eigenvalue weighted by molar-refractivity contribution is 6.08. The smallest absolute Gasteiger partial charge is 0.336 e. The van der Waals surface area contributed by atoms with Crippen molar-refractivity contribution in [2.75, 3.05) is 6.61 Å². The summed E-state index contributed by atoms with van der Waals surface area (Å²) in [6.45, 7) is 14.7. The summed E-state index contributed by atoms with van der Waals surface area (Å²) < 4.78 is 4.88. The third-order valence-electron chi connectivity index (χ3n) is 4.63. The van der Waals surface area contributed by atoms with E-state index in [2.05, 4.69) is 19.8 Å². The van der Waals surface area contributed by atoms with Crippen molar-refractivity contribution in [2.24, 2.45) is 5.41 Å². The number of rotatable bonds is 6. The second kappa shape index (κ2) is 8.92. The van der Waals surface area contributed by atoms with Crippen molar-refractivity contribution < 1.29 is 14.3 Å². The first-order valence-electron chi connectivity index (χ1n) is 9.96. The Morgan fingerprint density at radius 1 is 1.23 bits per heavy atom. The van der Waals surface area contributed by atoms with E-state index in [0.29, 0.717) is 23.1 Å². The summed E-state index contributed by atoms with van der Waals surface area (Å²) in [5.74, 6) is -0.615.